The summed E-state index contributed by atoms with van der Waals surface area (Å²) in [5, 5.41) is 9.94. The first-order valence-electron chi connectivity index (χ1n) is 6.54. The summed E-state index contributed by atoms with van der Waals surface area (Å²) in [5.74, 6) is 0. The molecule has 1 aliphatic rings. The lowest BCUT2D eigenvalue weighted by molar-refractivity contribution is 0.00228. The van der Waals surface area contributed by atoms with Crippen LogP contribution >= 0.6 is 0 Å². The van der Waals surface area contributed by atoms with Crippen LogP contribution in [-0.2, 0) is 11.2 Å². The van der Waals surface area contributed by atoms with E-state index >= 15 is 0 Å². The standard InChI is InChI=1S/C14H21NO2/c16-13(11-12-5-1-3-9-15-12)7-8-14-6-2-4-10-17-14/h1,3,5,9,13-14,16H,2,4,6-8,10-11H2. The lowest BCUT2D eigenvalue weighted by Crippen LogP contribution is -2.22. The molecule has 2 atom stereocenters. The van der Waals surface area contributed by atoms with E-state index in [-0.39, 0.29) is 6.10 Å². The maximum atomic E-state index is 9.94. The Morgan fingerprint density at radius 2 is 2.35 bits per heavy atom. The van der Waals surface area contributed by atoms with Gasteiger partial charge in [0.15, 0.2) is 0 Å². The van der Waals surface area contributed by atoms with Gasteiger partial charge in [-0.05, 0) is 44.2 Å². The zero-order valence-electron chi connectivity index (χ0n) is 10.2. The highest BCUT2D eigenvalue weighted by molar-refractivity contribution is 5.04. The molecule has 1 fully saturated rings. The highest BCUT2D eigenvalue weighted by Crippen LogP contribution is 2.18. The second kappa shape index (κ2) is 6.72. The first-order chi connectivity index (χ1) is 8.34. The smallest absolute Gasteiger partial charge is 0.0596 e. The zero-order valence-corrected chi connectivity index (χ0v) is 10.2. The molecule has 0 aliphatic carbocycles. The van der Waals surface area contributed by atoms with E-state index in [1.807, 2.05) is 18.2 Å². The number of aromatic nitrogens is 1. The van der Waals surface area contributed by atoms with Gasteiger partial charge in [-0.2, -0.15) is 0 Å². The van der Waals surface area contributed by atoms with Crippen LogP contribution in [0.3, 0.4) is 0 Å². The third kappa shape index (κ3) is 4.44. The van der Waals surface area contributed by atoms with Crippen LogP contribution in [0.4, 0.5) is 0 Å². The van der Waals surface area contributed by atoms with Crippen LogP contribution in [0.2, 0.25) is 0 Å². The summed E-state index contributed by atoms with van der Waals surface area (Å²) < 4.78 is 5.65. The van der Waals surface area contributed by atoms with E-state index in [4.69, 9.17) is 4.74 Å². The van der Waals surface area contributed by atoms with Crippen LogP contribution in [-0.4, -0.2) is 28.9 Å². The lowest BCUT2D eigenvalue weighted by Gasteiger charge is -2.23. The number of nitrogens with zero attached hydrogens (tertiary/aromatic N) is 1. The normalized spacial score (nSPS) is 22.3. The first kappa shape index (κ1) is 12.5. The van der Waals surface area contributed by atoms with Crippen molar-refractivity contribution in [3.05, 3.63) is 30.1 Å². The van der Waals surface area contributed by atoms with Crippen molar-refractivity contribution in [3.63, 3.8) is 0 Å². The van der Waals surface area contributed by atoms with E-state index in [0.717, 1.165) is 31.6 Å². The number of aliphatic hydroxyl groups excluding tert-OH is 1. The fourth-order valence-corrected chi connectivity index (χ4v) is 2.28. The van der Waals surface area contributed by atoms with Crippen LogP contribution in [0.15, 0.2) is 24.4 Å². The summed E-state index contributed by atoms with van der Waals surface area (Å²) in [5.41, 5.74) is 0.963. The zero-order chi connectivity index (χ0) is 11.9. The Bertz CT molecular complexity index is 309. The predicted molar refractivity (Wildman–Crippen MR) is 66.8 cm³/mol. The number of hydrogen-bond donors (Lipinski definition) is 1. The van der Waals surface area contributed by atoms with Crippen LogP contribution in [0.25, 0.3) is 0 Å². The molecule has 94 valence electrons. The van der Waals surface area contributed by atoms with Gasteiger partial charge in [-0.3, -0.25) is 4.98 Å². The SMILES string of the molecule is OC(CCC1CCCCO1)Cc1ccccn1. The van der Waals surface area contributed by atoms with Crippen molar-refractivity contribution >= 4 is 0 Å². The van der Waals surface area contributed by atoms with Gasteiger partial charge in [0.05, 0.1) is 12.2 Å². The Hall–Kier alpha value is -0.930. The molecule has 17 heavy (non-hydrogen) atoms. The molecule has 0 spiro atoms. The molecular formula is C14H21NO2. The third-order valence-electron chi connectivity index (χ3n) is 3.27. The Morgan fingerprint density at radius 1 is 1.41 bits per heavy atom. The average Bonchev–Trinajstić information content (AvgIpc) is 2.39. The largest absolute Gasteiger partial charge is 0.393 e. The Balaban J connectivity index is 1.68. The molecule has 0 bridgehead atoms. The van der Waals surface area contributed by atoms with Crippen molar-refractivity contribution in [1.29, 1.82) is 0 Å². The number of aliphatic hydroxyl groups is 1. The maximum Gasteiger partial charge on any atom is 0.0596 e. The highest BCUT2D eigenvalue weighted by Gasteiger charge is 2.15. The number of pyridine rings is 1. The molecule has 2 rings (SSSR count). The minimum atomic E-state index is -0.296. The van der Waals surface area contributed by atoms with Gasteiger partial charge in [-0.15, -0.1) is 0 Å². The molecular weight excluding hydrogens is 214 g/mol. The molecule has 2 unspecified atom stereocenters. The number of ether oxygens (including phenoxy) is 1. The second-order valence-electron chi connectivity index (χ2n) is 4.74. The van der Waals surface area contributed by atoms with Crippen LogP contribution in [0, 0.1) is 0 Å². The number of rotatable bonds is 5. The van der Waals surface area contributed by atoms with Crippen LogP contribution in [0.1, 0.15) is 37.8 Å². The van der Waals surface area contributed by atoms with Gasteiger partial charge < -0.3 is 9.84 Å². The quantitative estimate of drug-likeness (QED) is 0.851. The minimum absolute atomic E-state index is 0.296. The van der Waals surface area contributed by atoms with Crippen molar-refractivity contribution in [2.45, 2.75) is 50.7 Å². The number of hydrogen-bond acceptors (Lipinski definition) is 3. The van der Waals surface area contributed by atoms with Gasteiger partial charge in [0, 0.05) is 24.9 Å². The summed E-state index contributed by atoms with van der Waals surface area (Å²) in [4.78, 5) is 4.22. The molecule has 0 aromatic carbocycles. The van der Waals surface area contributed by atoms with Crippen molar-refractivity contribution in [3.8, 4) is 0 Å². The molecule has 0 saturated carbocycles. The van der Waals surface area contributed by atoms with Gasteiger partial charge >= 0.3 is 0 Å². The Labute approximate surface area is 103 Å². The van der Waals surface area contributed by atoms with E-state index < -0.39 is 0 Å². The van der Waals surface area contributed by atoms with E-state index in [0.29, 0.717) is 12.5 Å². The van der Waals surface area contributed by atoms with Gasteiger partial charge in [0.1, 0.15) is 0 Å². The predicted octanol–water partition coefficient (Wildman–Crippen LogP) is 2.33. The molecule has 0 radical (unpaired) electrons. The van der Waals surface area contributed by atoms with E-state index in [9.17, 15) is 5.11 Å². The molecule has 3 nitrogen and oxygen atoms in total. The summed E-state index contributed by atoms with van der Waals surface area (Å²) in [6.45, 7) is 0.890. The Kier molecular flexibility index (Phi) is 4.95. The fraction of sp³-hybridized carbons (Fsp3) is 0.643. The average molecular weight is 235 g/mol. The minimum Gasteiger partial charge on any atom is -0.393 e. The summed E-state index contributed by atoms with van der Waals surface area (Å²) >= 11 is 0. The van der Waals surface area contributed by atoms with Gasteiger partial charge in [-0.1, -0.05) is 6.07 Å². The maximum absolute atomic E-state index is 9.94. The molecule has 1 aliphatic heterocycles. The van der Waals surface area contributed by atoms with Crippen molar-refractivity contribution in [1.82, 2.24) is 4.98 Å². The third-order valence-corrected chi connectivity index (χ3v) is 3.27. The van der Waals surface area contributed by atoms with Gasteiger partial charge in [0.25, 0.3) is 0 Å². The summed E-state index contributed by atoms with van der Waals surface area (Å²) in [6.07, 6.45) is 7.86. The lowest BCUT2D eigenvalue weighted by atomic mass is 10.0. The molecule has 1 aromatic heterocycles. The summed E-state index contributed by atoms with van der Waals surface area (Å²) in [7, 11) is 0. The van der Waals surface area contributed by atoms with E-state index in [1.165, 1.54) is 12.8 Å². The molecule has 1 saturated heterocycles. The molecule has 3 heteroatoms. The monoisotopic (exact) mass is 235 g/mol. The molecule has 0 amide bonds. The highest BCUT2D eigenvalue weighted by atomic mass is 16.5. The second-order valence-corrected chi connectivity index (χ2v) is 4.74. The topological polar surface area (TPSA) is 42.4 Å². The van der Waals surface area contributed by atoms with E-state index in [1.54, 1.807) is 6.20 Å². The molecule has 2 heterocycles. The van der Waals surface area contributed by atoms with Gasteiger partial charge in [-0.25, -0.2) is 0 Å². The molecule has 1 aromatic rings. The fourth-order valence-electron chi connectivity index (χ4n) is 2.28. The van der Waals surface area contributed by atoms with Gasteiger partial charge in [0.2, 0.25) is 0 Å². The van der Waals surface area contributed by atoms with Crippen molar-refractivity contribution < 1.29 is 9.84 Å². The first-order valence-corrected chi connectivity index (χ1v) is 6.54. The van der Waals surface area contributed by atoms with Crippen LogP contribution in [0.5, 0.6) is 0 Å². The van der Waals surface area contributed by atoms with Crippen molar-refractivity contribution in [2.24, 2.45) is 0 Å². The van der Waals surface area contributed by atoms with Crippen molar-refractivity contribution in [2.75, 3.05) is 6.61 Å². The molecule has 1 N–H and O–H groups in total. The summed E-state index contributed by atoms with van der Waals surface area (Å²) in [6, 6.07) is 5.81. The Morgan fingerprint density at radius 3 is 3.06 bits per heavy atom. The van der Waals surface area contributed by atoms with Crippen LogP contribution < -0.4 is 0 Å². The van der Waals surface area contributed by atoms with E-state index in [2.05, 4.69) is 4.98 Å².